The van der Waals surface area contributed by atoms with E-state index in [1.165, 1.54) is 16.4 Å². The highest BCUT2D eigenvalue weighted by atomic mass is 32.2. The van der Waals surface area contributed by atoms with Gasteiger partial charge >= 0.3 is 0 Å². The summed E-state index contributed by atoms with van der Waals surface area (Å²) in [5.74, 6) is -0.386. The van der Waals surface area contributed by atoms with E-state index in [0.29, 0.717) is 24.1 Å². The highest BCUT2D eigenvalue weighted by molar-refractivity contribution is 7.93. The minimum Gasteiger partial charge on any atom is -0.299 e. The highest BCUT2D eigenvalue weighted by Gasteiger charge is 2.34. The molecule has 4 rings (SSSR count). The number of hydrogen-bond acceptors (Lipinski definition) is 4. The largest absolute Gasteiger partial charge is 0.299 e. The van der Waals surface area contributed by atoms with E-state index in [4.69, 9.17) is 0 Å². The minimum atomic E-state index is -3.79. The third kappa shape index (κ3) is 4.78. The molecule has 0 unspecified atom stereocenters. The predicted molar refractivity (Wildman–Crippen MR) is 120 cm³/mol. The average molecular weight is 440 g/mol. The first kappa shape index (κ1) is 21.5. The maximum atomic E-state index is 13.7. The number of nitrogens with zero attached hydrogens (tertiary/aromatic N) is 3. The fourth-order valence-corrected chi connectivity index (χ4v) is 6.09. The zero-order valence-electron chi connectivity index (χ0n) is 17.5. The summed E-state index contributed by atoms with van der Waals surface area (Å²) in [6.07, 6.45) is 5.01. The van der Waals surface area contributed by atoms with Gasteiger partial charge in [-0.25, -0.2) is 12.8 Å². The number of piperidine rings is 1. The number of pyridine rings is 1. The third-order valence-corrected chi connectivity index (χ3v) is 7.77. The van der Waals surface area contributed by atoms with E-state index in [1.807, 2.05) is 24.4 Å². The first-order valence-electron chi connectivity index (χ1n) is 10.4. The maximum absolute atomic E-state index is 13.7. The van der Waals surface area contributed by atoms with E-state index in [9.17, 15) is 12.8 Å². The number of rotatable bonds is 6. The van der Waals surface area contributed by atoms with Gasteiger partial charge in [0.2, 0.25) is 0 Å². The van der Waals surface area contributed by atoms with Gasteiger partial charge in [-0.15, -0.1) is 0 Å². The SMILES string of the molecule is Cc1ccccc1S(=O)(=O)N(c1ccc(F)cc1)C1CCN(Cc2cccnc2)CC1. The summed E-state index contributed by atoms with van der Waals surface area (Å²) in [5.41, 5.74) is 2.34. The molecule has 0 radical (unpaired) electrons. The molecule has 0 spiro atoms. The molecule has 0 N–H and O–H groups in total. The van der Waals surface area contributed by atoms with Crippen LogP contribution in [0.15, 0.2) is 78.0 Å². The topological polar surface area (TPSA) is 53.5 Å². The first-order chi connectivity index (χ1) is 14.9. The quantitative estimate of drug-likeness (QED) is 0.572. The number of hydrogen-bond donors (Lipinski definition) is 0. The van der Waals surface area contributed by atoms with Gasteiger partial charge in [-0.2, -0.15) is 0 Å². The molecular weight excluding hydrogens is 413 g/mol. The Balaban J connectivity index is 1.60. The van der Waals surface area contributed by atoms with Crippen LogP contribution in [-0.2, 0) is 16.6 Å². The van der Waals surface area contributed by atoms with E-state index in [-0.39, 0.29) is 16.8 Å². The molecular formula is C24H26FN3O2S. The Morgan fingerprint density at radius 3 is 2.39 bits per heavy atom. The number of aryl methyl sites for hydroxylation is 1. The summed E-state index contributed by atoms with van der Waals surface area (Å²) in [5, 5.41) is 0. The summed E-state index contributed by atoms with van der Waals surface area (Å²) >= 11 is 0. The van der Waals surface area contributed by atoms with Crippen molar-refractivity contribution in [1.29, 1.82) is 0 Å². The summed E-state index contributed by atoms with van der Waals surface area (Å²) in [6, 6.07) is 16.5. The van der Waals surface area contributed by atoms with Crippen LogP contribution in [0.4, 0.5) is 10.1 Å². The van der Waals surface area contributed by atoms with Crippen LogP contribution in [0, 0.1) is 12.7 Å². The van der Waals surface area contributed by atoms with Gasteiger partial charge in [0.05, 0.1) is 10.6 Å². The first-order valence-corrected chi connectivity index (χ1v) is 11.9. The number of likely N-dealkylation sites (tertiary alicyclic amines) is 1. The lowest BCUT2D eigenvalue weighted by atomic mass is 10.0. The molecule has 0 bridgehead atoms. The number of anilines is 1. The molecule has 0 atom stereocenters. The van der Waals surface area contributed by atoms with Gasteiger partial charge in [0.15, 0.2) is 0 Å². The molecule has 3 aromatic rings. The van der Waals surface area contributed by atoms with Gasteiger partial charge in [-0.05, 0) is 67.3 Å². The predicted octanol–water partition coefficient (Wildman–Crippen LogP) is 4.39. The molecule has 162 valence electrons. The highest BCUT2D eigenvalue weighted by Crippen LogP contribution is 2.32. The fraction of sp³-hybridized carbons (Fsp3) is 0.292. The van der Waals surface area contributed by atoms with Crippen molar-refractivity contribution < 1.29 is 12.8 Å². The Kier molecular flexibility index (Phi) is 6.34. The Hall–Kier alpha value is -2.77. The van der Waals surface area contributed by atoms with Gasteiger partial charge in [0.25, 0.3) is 10.0 Å². The smallest absolute Gasteiger partial charge is 0.264 e. The lowest BCUT2D eigenvalue weighted by molar-refractivity contribution is 0.206. The Morgan fingerprint density at radius 2 is 1.74 bits per heavy atom. The molecule has 31 heavy (non-hydrogen) atoms. The second kappa shape index (κ2) is 9.16. The summed E-state index contributed by atoms with van der Waals surface area (Å²) in [6.45, 7) is 4.15. The molecule has 1 aliphatic rings. The molecule has 1 fully saturated rings. The standard InChI is InChI=1S/C24H26FN3O2S/c1-19-5-2-3-7-24(19)31(29,30)28(22-10-8-21(25)9-11-22)23-12-15-27(16-13-23)18-20-6-4-14-26-17-20/h2-11,14,17,23H,12-13,15-16,18H2,1H3. The van der Waals surface area contributed by atoms with Gasteiger partial charge in [-0.1, -0.05) is 24.3 Å². The van der Waals surface area contributed by atoms with E-state index in [2.05, 4.69) is 9.88 Å². The second-order valence-electron chi connectivity index (χ2n) is 7.91. The Bertz CT molecular complexity index is 1110. The lowest BCUT2D eigenvalue weighted by Gasteiger charge is -2.39. The molecule has 0 saturated carbocycles. The summed E-state index contributed by atoms with van der Waals surface area (Å²) in [7, 11) is -3.79. The van der Waals surface area contributed by atoms with Crippen molar-refractivity contribution in [2.75, 3.05) is 17.4 Å². The van der Waals surface area contributed by atoms with Gasteiger partial charge < -0.3 is 0 Å². The molecule has 0 aliphatic carbocycles. The molecule has 0 amide bonds. The van der Waals surface area contributed by atoms with E-state index < -0.39 is 10.0 Å². The van der Waals surface area contributed by atoms with E-state index in [1.54, 1.807) is 43.5 Å². The van der Waals surface area contributed by atoms with Crippen LogP contribution in [0.1, 0.15) is 24.0 Å². The third-order valence-electron chi connectivity index (χ3n) is 5.73. The van der Waals surface area contributed by atoms with Crippen molar-refractivity contribution in [3.05, 3.63) is 90.0 Å². The maximum Gasteiger partial charge on any atom is 0.264 e. The van der Waals surface area contributed by atoms with Crippen molar-refractivity contribution in [3.63, 3.8) is 0 Å². The van der Waals surface area contributed by atoms with Crippen LogP contribution in [0.2, 0.25) is 0 Å². The van der Waals surface area contributed by atoms with Crippen LogP contribution in [-0.4, -0.2) is 37.4 Å². The lowest BCUT2D eigenvalue weighted by Crippen LogP contribution is -2.47. The minimum absolute atomic E-state index is 0.194. The van der Waals surface area contributed by atoms with Crippen molar-refractivity contribution >= 4 is 15.7 Å². The van der Waals surface area contributed by atoms with Crippen LogP contribution < -0.4 is 4.31 Å². The second-order valence-corrected chi connectivity index (χ2v) is 9.69. The average Bonchev–Trinajstić information content (AvgIpc) is 2.77. The molecule has 1 aliphatic heterocycles. The number of halogens is 1. The summed E-state index contributed by atoms with van der Waals surface area (Å²) < 4.78 is 42.5. The van der Waals surface area contributed by atoms with Crippen molar-refractivity contribution in [2.24, 2.45) is 0 Å². The van der Waals surface area contributed by atoms with Gasteiger partial charge in [-0.3, -0.25) is 14.2 Å². The van der Waals surface area contributed by atoms with Crippen molar-refractivity contribution in [1.82, 2.24) is 9.88 Å². The van der Waals surface area contributed by atoms with Crippen LogP contribution in [0.25, 0.3) is 0 Å². The van der Waals surface area contributed by atoms with Crippen molar-refractivity contribution in [3.8, 4) is 0 Å². The van der Waals surface area contributed by atoms with Crippen LogP contribution >= 0.6 is 0 Å². The Morgan fingerprint density at radius 1 is 1.03 bits per heavy atom. The zero-order chi connectivity index (χ0) is 21.8. The summed E-state index contributed by atoms with van der Waals surface area (Å²) in [4.78, 5) is 6.77. The van der Waals surface area contributed by atoms with Crippen LogP contribution in [0.5, 0.6) is 0 Å². The Labute approximate surface area is 183 Å². The molecule has 1 aromatic heterocycles. The zero-order valence-corrected chi connectivity index (χ0v) is 18.3. The monoisotopic (exact) mass is 439 g/mol. The molecule has 1 saturated heterocycles. The van der Waals surface area contributed by atoms with E-state index in [0.717, 1.165) is 25.2 Å². The molecule has 2 aromatic carbocycles. The van der Waals surface area contributed by atoms with Crippen LogP contribution in [0.3, 0.4) is 0 Å². The normalized spacial score (nSPS) is 15.7. The fourth-order valence-electron chi connectivity index (χ4n) is 4.15. The van der Waals surface area contributed by atoms with Crippen molar-refractivity contribution in [2.45, 2.75) is 37.2 Å². The number of sulfonamides is 1. The number of aromatic nitrogens is 1. The molecule has 2 heterocycles. The number of benzene rings is 2. The van der Waals surface area contributed by atoms with Gasteiger partial charge in [0, 0.05) is 38.1 Å². The molecule has 5 nitrogen and oxygen atoms in total. The van der Waals surface area contributed by atoms with E-state index >= 15 is 0 Å². The molecule has 7 heteroatoms. The van der Waals surface area contributed by atoms with Gasteiger partial charge in [0.1, 0.15) is 5.82 Å².